The topological polar surface area (TPSA) is 166 Å². The normalized spacial score (nSPS) is 11.2. The average Bonchev–Trinajstić information content (AvgIpc) is 2.63. The lowest BCUT2D eigenvalue weighted by molar-refractivity contribution is -0.150. The van der Waals surface area contributed by atoms with Crippen LogP contribution in [0, 0.1) is 5.82 Å². The van der Waals surface area contributed by atoms with Crippen molar-refractivity contribution in [3.05, 3.63) is 32.9 Å². The van der Waals surface area contributed by atoms with Crippen molar-refractivity contribution in [1.82, 2.24) is 20.2 Å². The molecule has 1 atom stereocenters. The van der Waals surface area contributed by atoms with Crippen LogP contribution >= 0.6 is 0 Å². The molecule has 3 N–H and O–H groups in total. The van der Waals surface area contributed by atoms with Gasteiger partial charge in [0.2, 0.25) is 17.6 Å². The molecule has 1 aromatic heterocycles. The second kappa shape index (κ2) is 9.84. The number of amides is 2. The lowest BCUT2D eigenvalue weighted by atomic mass is 10.2. The molecular weight excluding hydrogens is 371 g/mol. The van der Waals surface area contributed by atoms with Gasteiger partial charge in [-0.25, -0.2) is 9.59 Å². The summed E-state index contributed by atoms with van der Waals surface area (Å²) in [4.78, 5) is 70.3. The minimum atomic E-state index is -1.32. The quantitative estimate of drug-likeness (QED) is 0.397. The Morgan fingerprint density at radius 3 is 2.44 bits per heavy atom. The fourth-order valence-corrected chi connectivity index (χ4v) is 1.82. The lowest BCUT2D eigenvalue weighted by Gasteiger charge is -2.15. The van der Waals surface area contributed by atoms with E-state index in [4.69, 9.17) is 0 Å². The van der Waals surface area contributed by atoms with Crippen molar-refractivity contribution < 1.29 is 33.0 Å². The van der Waals surface area contributed by atoms with Gasteiger partial charge in [0.15, 0.2) is 0 Å². The average molecular weight is 388 g/mol. The van der Waals surface area contributed by atoms with Crippen molar-refractivity contribution in [2.45, 2.75) is 19.0 Å². The number of methoxy groups -OCH3 is 2. The summed E-state index contributed by atoms with van der Waals surface area (Å²) in [6.07, 6.45) is 0.0688. The molecule has 13 heteroatoms. The zero-order valence-corrected chi connectivity index (χ0v) is 14.4. The molecule has 0 aliphatic carbocycles. The van der Waals surface area contributed by atoms with Gasteiger partial charge in [-0.05, 0) is 0 Å². The second-order valence-corrected chi connectivity index (χ2v) is 5.06. The fraction of sp³-hybridized carbons (Fsp3) is 0.429. The number of hydrogen-bond acceptors (Lipinski definition) is 8. The first-order chi connectivity index (χ1) is 12.7. The summed E-state index contributed by atoms with van der Waals surface area (Å²) >= 11 is 0. The van der Waals surface area contributed by atoms with Crippen LogP contribution in [-0.2, 0) is 35.2 Å². The van der Waals surface area contributed by atoms with Gasteiger partial charge in [0.1, 0.15) is 12.6 Å². The highest BCUT2D eigenvalue weighted by Gasteiger charge is 2.25. The van der Waals surface area contributed by atoms with Gasteiger partial charge in [0, 0.05) is 0 Å². The van der Waals surface area contributed by atoms with E-state index in [0.717, 1.165) is 14.2 Å². The minimum Gasteiger partial charge on any atom is -0.469 e. The molecular formula is C14H17FN4O8. The van der Waals surface area contributed by atoms with Gasteiger partial charge in [0.05, 0.1) is 33.4 Å². The summed E-state index contributed by atoms with van der Waals surface area (Å²) in [6, 6.07) is -1.32. The van der Waals surface area contributed by atoms with E-state index in [0.29, 0.717) is 10.8 Å². The number of ether oxygens (including phenoxy) is 2. The van der Waals surface area contributed by atoms with Gasteiger partial charge in [-0.2, -0.15) is 4.39 Å². The van der Waals surface area contributed by atoms with Crippen LogP contribution < -0.4 is 21.9 Å². The number of aromatic amines is 1. The molecule has 2 amide bonds. The Morgan fingerprint density at radius 1 is 1.19 bits per heavy atom. The predicted molar refractivity (Wildman–Crippen MR) is 84.9 cm³/mol. The molecule has 0 saturated carbocycles. The first-order valence-electron chi connectivity index (χ1n) is 7.37. The van der Waals surface area contributed by atoms with Crippen LogP contribution in [0.4, 0.5) is 4.39 Å². The largest absolute Gasteiger partial charge is 0.469 e. The Morgan fingerprint density at radius 2 is 1.85 bits per heavy atom. The summed E-state index contributed by atoms with van der Waals surface area (Å²) in [5, 5.41) is 4.30. The molecule has 27 heavy (non-hydrogen) atoms. The molecule has 0 aromatic carbocycles. The zero-order valence-electron chi connectivity index (χ0n) is 14.4. The van der Waals surface area contributed by atoms with E-state index in [1.807, 2.05) is 0 Å². The molecule has 1 rings (SSSR count). The smallest absolute Gasteiger partial charge is 0.328 e. The Bertz CT molecular complexity index is 846. The van der Waals surface area contributed by atoms with Crippen molar-refractivity contribution >= 4 is 23.8 Å². The first-order valence-corrected chi connectivity index (χ1v) is 7.37. The van der Waals surface area contributed by atoms with E-state index < -0.39 is 66.4 Å². The van der Waals surface area contributed by atoms with Crippen LogP contribution in [0.3, 0.4) is 0 Å². The Balaban J connectivity index is 2.62. The molecule has 0 unspecified atom stereocenters. The molecule has 12 nitrogen and oxygen atoms in total. The SMILES string of the molecule is COC(=O)C[C@H](NC(=O)CNC(=O)Cn1cc(F)c(=O)[nH]c1=O)C(=O)OC. The monoisotopic (exact) mass is 388 g/mol. The third-order valence-electron chi connectivity index (χ3n) is 3.15. The molecule has 0 radical (unpaired) electrons. The third kappa shape index (κ3) is 6.72. The lowest BCUT2D eigenvalue weighted by Crippen LogP contribution is -2.47. The number of nitrogens with one attached hydrogen (secondary N) is 3. The predicted octanol–water partition coefficient (Wildman–Crippen LogP) is -2.99. The van der Waals surface area contributed by atoms with E-state index >= 15 is 0 Å². The van der Waals surface area contributed by atoms with E-state index in [1.54, 1.807) is 4.98 Å². The number of aromatic nitrogens is 2. The minimum absolute atomic E-state index is 0.477. The third-order valence-corrected chi connectivity index (χ3v) is 3.15. The number of hydrogen-bond donors (Lipinski definition) is 3. The molecule has 0 spiro atoms. The number of nitrogens with zero attached hydrogens (tertiary/aromatic N) is 1. The number of rotatable bonds is 8. The van der Waals surface area contributed by atoms with Gasteiger partial charge in [-0.15, -0.1) is 0 Å². The maximum Gasteiger partial charge on any atom is 0.328 e. The number of esters is 2. The van der Waals surface area contributed by atoms with Crippen LogP contribution in [0.5, 0.6) is 0 Å². The molecule has 0 fully saturated rings. The fourth-order valence-electron chi connectivity index (χ4n) is 1.82. The molecule has 0 saturated heterocycles. The van der Waals surface area contributed by atoms with E-state index in [9.17, 15) is 33.2 Å². The Kier molecular flexibility index (Phi) is 7.85. The first kappa shape index (κ1) is 21.5. The molecule has 0 aliphatic heterocycles. The summed E-state index contributed by atoms with van der Waals surface area (Å²) in [5.74, 6) is -4.60. The summed E-state index contributed by atoms with van der Waals surface area (Å²) < 4.78 is 22.6. The second-order valence-electron chi connectivity index (χ2n) is 5.06. The number of halogens is 1. The molecule has 148 valence electrons. The van der Waals surface area contributed by atoms with Crippen molar-refractivity contribution in [3.8, 4) is 0 Å². The maximum absolute atomic E-state index is 13.1. The van der Waals surface area contributed by atoms with Crippen LogP contribution in [0.2, 0.25) is 0 Å². The summed E-state index contributed by atoms with van der Waals surface area (Å²) in [5.41, 5.74) is -2.24. The van der Waals surface area contributed by atoms with Crippen LogP contribution in [0.25, 0.3) is 0 Å². The van der Waals surface area contributed by atoms with Crippen molar-refractivity contribution in [3.63, 3.8) is 0 Å². The Labute approximate surface area is 150 Å². The van der Waals surface area contributed by atoms with Gasteiger partial charge in [-0.1, -0.05) is 0 Å². The van der Waals surface area contributed by atoms with Gasteiger partial charge >= 0.3 is 17.6 Å². The standard InChI is InChI=1S/C14H17FN4O8/c1-26-11(22)3-8(13(24)27-2)17-9(20)4-16-10(21)6-19-5-7(15)12(23)18-14(19)25/h5,8H,3-4,6H2,1-2H3,(H,16,21)(H,17,20)(H,18,23,25)/t8-/m0/s1. The van der Waals surface area contributed by atoms with E-state index in [-0.39, 0.29) is 0 Å². The van der Waals surface area contributed by atoms with Crippen LogP contribution in [0.1, 0.15) is 6.42 Å². The Hall–Kier alpha value is -3.51. The number of H-pyrrole nitrogens is 1. The maximum atomic E-state index is 13.1. The van der Waals surface area contributed by atoms with Crippen molar-refractivity contribution in [2.24, 2.45) is 0 Å². The van der Waals surface area contributed by atoms with Crippen molar-refractivity contribution in [1.29, 1.82) is 0 Å². The van der Waals surface area contributed by atoms with Crippen LogP contribution in [-0.4, -0.2) is 60.1 Å². The van der Waals surface area contributed by atoms with Gasteiger partial charge < -0.3 is 20.1 Å². The number of carbonyl (C=O) groups excluding carboxylic acids is 4. The highest BCUT2D eigenvalue weighted by molar-refractivity contribution is 5.90. The van der Waals surface area contributed by atoms with Gasteiger partial charge in [-0.3, -0.25) is 28.7 Å². The van der Waals surface area contributed by atoms with E-state index in [2.05, 4.69) is 20.1 Å². The van der Waals surface area contributed by atoms with Crippen LogP contribution in [0.15, 0.2) is 15.8 Å². The highest BCUT2D eigenvalue weighted by atomic mass is 19.1. The molecule has 0 aliphatic rings. The number of carbonyl (C=O) groups is 4. The zero-order chi connectivity index (χ0) is 20.6. The molecule has 1 aromatic rings. The van der Waals surface area contributed by atoms with Crippen molar-refractivity contribution in [2.75, 3.05) is 20.8 Å². The highest BCUT2D eigenvalue weighted by Crippen LogP contribution is 1.97. The van der Waals surface area contributed by atoms with E-state index in [1.165, 1.54) is 0 Å². The van der Waals surface area contributed by atoms with Gasteiger partial charge in [0.25, 0.3) is 5.56 Å². The summed E-state index contributed by atoms with van der Waals surface area (Å²) in [6.45, 7) is -1.27. The summed E-state index contributed by atoms with van der Waals surface area (Å²) in [7, 11) is 2.15. The molecule has 0 bridgehead atoms. The molecule has 1 heterocycles.